The maximum Gasteiger partial charge on any atom is 0.244 e. The zero-order valence-electron chi connectivity index (χ0n) is 11.8. The van der Waals surface area contributed by atoms with Crippen molar-refractivity contribution in [2.24, 2.45) is 0 Å². The first-order valence-corrected chi connectivity index (χ1v) is 8.25. The molecule has 0 atom stereocenters. The van der Waals surface area contributed by atoms with E-state index in [-0.39, 0.29) is 18.0 Å². The van der Waals surface area contributed by atoms with Crippen molar-refractivity contribution in [3.63, 3.8) is 0 Å². The fourth-order valence-electron chi connectivity index (χ4n) is 2.36. The molecule has 0 radical (unpaired) electrons. The van der Waals surface area contributed by atoms with Crippen molar-refractivity contribution >= 4 is 10.0 Å². The highest BCUT2D eigenvalue weighted by atomic mass is 32.2. The van der Waals surface area contributed by atoms with Crippen LogP contribution in [0.3, 0.4) is 0 Å². The van der Waals surface area contributed by atoms with Crippen LogP contribution >= 0.6 is 0 Å². The Kier molecular flexibility index (Phi) is 3.64. The molecule has 1 aliphatic carbocycles. The van der Waals surface area contributed by atoms with Gasteiger partial charge in [-0.25, -0.2) is 8.42 Å². The van der Waals surface area contributed by atoms with Crippen LogP contribution in [0.1, 0.15) is 30.1 Å². The largest absolute Gasteiger partial charge is 0.472 e. The molecule has 0 aliphatic heterocycles. The number of furan rings is 1. The van der Waals surface area contributed by atoms with Crippen molar-refractivity contribution < 1.29 is 17.9 Å². The number of rotatable bonds is 6. The second-order valence-corrected chi connectivity index (χ2v) is 7.40. The topological polar surface area (TPSA) is 75.7 Å². The van der Waals surface area contributed by atoms with E-state index in [1.54, 1.807) is 18.3 Å². The van der Waals surface area contributed by atoms with Crippen LogP contribution in [-0.4, -0.2) is 29.4 Å². The van der Waals surface area contributed by atoms with Gasteiger partial charge in [0.15, 0.2) is 0 Å². The van der Waals surface area contributed by atoms with Gasteiger partial charge < -0.3 is 14.1 Å². The van der Waals surface area contributed by atoms with Gasteiger partial charge in [0, 0.05) is 37.1 Å². The SMILES string of the molecule is CN(Cc1ccoc1)S(=O)(=O)c1cc(CO)n(C2CC2)c1. The molecular formula is C14H18N2O4S. The summed E-state index contributed by atoms with van der Waals surface area (Å²) in [5.41, 5.74) is 1.44. The molecule has 1 aliphatic rings. The maximum atomic E-state index is 12.6. The van der Waals surface area contributed by atoms with Crippen molar-refractivity contribution in [2.45, 2.75) is 36.9 Å². The predicted molar refractivity (Wildman–Crippen MR) is 76.0 cm³/mol. The van der Waals surface area contributed by atoms with Gasteiger partial charge in [0.05, 0.1) is 19.1 Å². The van der Waals surface area contributed by atoms with Gasteiger partial charge in [-0.1, -0.05) is 0 Å². The monoisotopic (exact) mass is 310 g/mol. The van der Waals surface area contributed by atoms with E-state index in [1.165, 1.54) is 23.9 Å². The van der Waals surface area contributed by atoms with Gasteiger partial charge in [0.1, 0.15) is 4.90 Å². The predicted octanol–water partition coefficient (Wildman–Crippen LogP) is 1.73. The molecule has 0 unspecified atom stereocenters. The third-order valence-electron chi connectivity index (χ3n) is 3.70. The third kappa shape index (κ3) is 2.76. The molecule has 3 rings (SSSR count). The lowest BCUT2D eigenvalue weighted by Crippen LogP contribution is -2.26. The van der Waals surface area contributed by atoms with Crippen LogP contribution in [0, 0.1) is 0 Å². The highest BCUT2D eigenvalue weighted by Gasteiger charge is 2.29. The standard InChI is InChI=1S/C14H18N2O4S/c1-15(7-11-4-5-20-10-11)21(18,19)14-6-13(9-17)16(8-14)12-2-3-12/h4-6,8,10,12,17H,2-3,7,9H2,1H3. The Morgan fingerprint density at radius 3 is 2.81 bits per heavy atom. The Labute approximate surface area is 123 Å². The Morgan fingerprint density at radius 2 is 2.24 bits per heavy atom. The average Bonchev–Trinajstić information content (AvgIpc) is 3.00. The number of nitrogens with zero attached hydrogens (tertiary/aromatic N) is 2. The van der Waals surface area contributed by atoms with Gasteiger partial charge in [-0.15, -0.1) is 0 Å². The molecule has 1 N–H and O–H groups in total. The first-order chi connectivity index (χ1) is 10.0. The summed E-state index contributed by atoms with van der Waals surface area (Å²) in [6, 6.07) is 3.62. The van der Waals surface area contributed by atoms with Crippen LogP contribution in [0.4, 0.5) is 0 Å². The van der Waals surface area contributed by atoms with E-state index in [2.05, 4.69) is 0 Å². The van der Waals surface area contributed by atoms with Crippen LogP contribution in [0.2, 0.25) is 0 Å². The van der Waals surface area contributed by atoms with Gasteiger partial charge in [-0.05, 0) is 25.0 Å². The van der Waals surface area contributed by atoms with Gasteiger partial charge in [0.2, 0.25) is 10.0 Å². The lowest BCUT2D eigenvalue weighted by atomic mass is 10.3. The molecule has 0 spiro atoms. The van der Waals surface area contributed by atoms with Crippen molar-refractivity contribution in [1.29, 1.82) is 0 Å². The van der Waals surface area contributed by atoms with E-state index < -0.39 is 10.0 Å². The van der Waals surface area contributed by atoms with Gasteiger partial charge in [0.25, 0.3) is 0 Å². The van der Waals surface area contributed by atoms with E-state index in [0.717, 1.165) is 18.4 Å². The summed E-state index contributed by atoms with van der Waals surface area (Å²) in [6.07, 6.45) is 6.74. The van der Waals surface area contributed by atoms with Gasteiger partial charge in [-0.2, -0.15) is 4.31 Å². The van der Waals surface area contributed by atoms with Gasteiger partial charge >= 0.3 is 0 Å². The Hall–Kier alpha value is -1.57. The minimum absolute atomic E-state index is 0.155. The van der Waals surface area contributed by atoms with Crippen molar-refractivity contribution in [3.05, 3.63) is 42.1 Å². The van der Waals surface area contributed by atoms with Crippen molar-refractivity contribution in [3.8, 4) is 0 Å². The van der Waals surface area contributed by atoms with E-state index in [1.807, 2.05) is 4.57 Å². The Morgan fingerprint density at radius 1 is 1.48 bits per heavy atom. The summed E-state index contributed by atoms with van der Waals surface area (Å²) >= 11 is 0. The summed E-state index contributed by atoms with van der Waals surface area (Å²) < 4.78 is 33.3. The molecule has 2 aromatic rings. The molecule has 0 saturated heterocycles. The Bertz CT molecular complexity index is 714. The molecule has 0 bridgehead atoms. The number of aliphatic hydroxyl groups excluding tert-OH is 1. The zero-order valence-corrected chi connectivity index (χ0v) is 12.6. The number of hydrogen-bond acceptors (Lipinski definition) is 4. The smallest absolute Gasteiger partial charge is 0.244 e. The maximum absolute atomic E-state index is 12.6. The number of aromatic nitrogens is 1. The molecular weight excluding hydrogens is 292 g/mol. The zero-order chi connectivity index (χ0) is 15.0. The summed E-state index contributed by atoms with van der Waals surface area (Å²) in [5, 5.41) is 9.38. The first kappa shape index (κ1) is 14.4. The van der Waals surface area contributed by atoms with Gasteiger partial charge in [-0.3, -0.25) is 0 Å². The van der Waals surface area contributed by atoms with Crippen LogP contribution in [0.5, 0.6) is 0 Å². The van der Waals surface area contributed by atoms with Crippen LogP contribution in [0.25, 0.3) is 0 Å². The quantitative estimate of drug-likeness (QED) is 0.881. The molecule has 1 saturated carbocycles. The lowest BCUT2D eigenvalue weighted by Gasteiger charge is -2.15. The van der Waals surface area contributed by atoms with Crippen LogP contribution in [-0.2, 0) is 23.2 Å². The molecule has 2 heterocycles. The molecule has 114 valence electrons. The molecule has 7 heteroatoms. The lowest BCUT2D eigenvalue weighted by molar-refractivity contribution is 0.270. The van der Waals surface area contributed by atoms with E-state index in [4.69, 9.17) is 4.42 Å². The van der Waals surface area contributed by atoms with E-state index in [0.29, 0.717) is 11.7 Å². The minimum Gasteiger partial charge on any atom is -0.472 e. The number of hydrogen-bond donors (Lipinski definition) is 1. The summed E-state index contributed by atoms with van der Waals surface area (Å²) in [5.74, 6) is 0. The molecule has 6 nitrogen and oxygen atoms in total. The minimum atomic E-state index is -3.57. The average molecular weight is 310 g/mol. The van der Waals surface area contributed by atoms with E-state index >= 15 is 0 Å². The van der Waals surface area contributed by atoms with Crippen molar-refractivity contribution in [1.82, 2.24) is 8.87 Å². The summed E-state index contributed by atoms with van der Waals surface area (Å²) in [4.78, 5) is 0.226. The first-order valence-electron chi connectivity index (χ1n) is 6.81. The molecule has 1 fully saturated rings. The summed E-state index contributed by atoms with van der Waals surface area (Å²) in [7, 11) is -2.04. The fourth-order valence-corrected chi connectivity index (χ4v) is 3.57. The molecule has 2 aromatic heterocycles. The highest BCUT2D eigenvalue weighted by Crippen LogP contribution is 2.37. The summed E-state index contributed by atoms with van der Waals surface area (Å²) in [6.45, 7) is 0.0966. The molecule has 0 amide bonds. The van der Waals surface area contributed by atoms with Crippen molar-refractivity contribution in [2.75, 3.05) is 7.05 Å². The highest BCUT2D eigenvalue weighted by molar-refractivity contribution is 7.89. The molecule has 0 aromatic carbocycles. The number of aliphatic hydroxyl groups is 1. The van der Waals surface area contributed by atoms with Crippen LogP contribution < -0.4 is 0 Å². The fraction of sp³-hybridized carbons (Fsp3) is 0.429. The second-order valence-electron chi connectivity index (χ2n) is 5.36. The Balaban J connectivity index is 1.87. The number of sulfonamides is 1. The second kappa shape index (κ2) is 5.32. The third-order valence-corrected chi connectivity index (χ3v) is 5.47. The van der Waals surface area contributed by atoms with Crippen LogP contribution in [0.15, 0.2) is 40.2 Å². The van der Waals surface area contributed by atoms with E-state index in [9.17, 15) is 13.5 Å². The normalized spacial score (nSPS) is 15.8. The molecule has 21 heavy (non-hydrogen) atoms.